The molecule has 84 valence electrons. The van der Waals surface area contributed by atoms with Gasteiger partial charge in [0.2, 0.25) is 0 Å². The molecule has 2 aliphatic rings. The van der Waals surface area contributed by atoms with Crippen LogP contribution in [0.4, 0.5) is 0 Å². The molecule has 0 saturated carbocycles. The number of fused-ring (bicyclic) bond motifs is 2. The van der Waals surface area contributed by atoms with Gasteiger partial charge in [0.05, 0.1) is 6.10 Å². The first-order chi connectivity index (χ1) is 7.10. The molecule has 2 aliphatic heterocycles. The Hall–Kier alpha value is 0.290. The van der Waals surface area contributed by atoms with Crippen LogP contribution in [0, 0.1) is 0 Å². The fourth-order valence-corrected chi connectivity index (χ4v) is 3.74. The van der Waals surface area contributed by atoms with E-state index in [0.717, 1.165) is 0 Å². The Labute approximate surface area is 105 Å². The zero-order chi connectivity index (χ0) is 11.1. The second kappa shape index (κ2) is 4.28. The van der Waals surface area contributed by atoms with E-state index in [1.54, 1.807) is 0 Å². The molecular weight excluding hydrogens is 328 g/mol. The molecule has 0 aromatic carbocycles. The van der Waals surface area contributed by atoms with Gasteiger partial charge in [-0.25, -0.2) is 0 Å². The number of rotatable bonds is 3. The van der Waals surface area contributed by atoms with Crippen LogP contribution in [0.25, 0.3) is 0 Å². The number of aliphatic hydroxyl groups is 1. The van der Waals surface area contributed by atoms with Gasteiger partial charge in [0, 0.05) is 6.61 Å². The van der Waals surface area contributed by atoms with Crippen molar-refractivity contribution in [1.82, 2.24) is 0 Å². The van der Waals surface area contributed by atoms with Crippen molar-refractivity contribution in [2.45, 2.75) is 34.2 Å². The van der Waals surface area contributed by atoms with Crippen molar-refractivity contribution >= 4 is 37.6 Å². The van der Waals surface area contributed by atoms with Gasteiger partial charge in [-0.05, 0) is 12.8 Å². The summed E-state index contributed by atoms with van der Waals surface area (Å²) in [4.78, 5) is 11.3. The minimum atomic E-state index is -0.547. The van der Waals surface area contributed by atoms with Crippen molar-refractivity contribution < 1.29 is 14.6 Å². The summed E-state index contributed by atoms with van der Waals surface area (Å²) in [5, 5.41) is 8.84. The molecule has 0 spiro atoms. The van der Waals surface area contributed by atoms with Crippen LogP contribution in [0.3, 0.4) is 0 Å². The first kappa shape index (κ1) is 11.8. The lowest BCUT2D eigenvalue weighted by Gasteiger charge is -2.39. The number of carbonyl (C=O) groups excluding carboxylic acids is 1. The number of carbonyl (C=O) groups is 1. The molecule has 2 bridgehead atoms. The monoisotopic (exact) mass is 338 g/mol. The van der Waals surface area contributed by atoms with Crippen LogP contribution in [0.1, 0.15) is 12.8 Å². The number of ether oxygens (including phenoxy) is 1. The second-order valence-corrected chi connectivity index (χ2v) is 5.79. The quantitative estimate of drug-likeness (QED) is 0.627. The van der Waals surface area contributed by atoms with Crippen LogP contribution in [0.15, 0.2) is 12.2 Å². The lowest BCUT2D eigenvalue weighted by molar-refractivity contribution is -0.134. The van der Waals surface area contributed by atoms with Gasteiger partial charge in [-0.1, -0.05) is 44.0 Å². The van der Waals surface area contributed by atoms with Gasteiger partial charge in [0.1, 0.15) is 15.3 Å². The molecule has 3 nitrogen and oxygen atoms in total. The highest BCUT2D eigenvalue weighted by molar-refractivity contribution is 9.10. The van der Waals surface area contributed by atoms with Gasteiger partial charge in [-0.15, -0.1) is 0 Å². The van der Waals surface area contributed by atoms with Crippen LogP contribution in [0.5, 0.6) is 0 Å². The molecule has 2 rings (SSSR count). The van der Waals surface area contributed by atoms with E-state index in [1.807, 2.05) is 12.2 Å². The van der Waals surface area contributed by atoms with Crippen molar-refractivity contribution in [3.8, 4) is 0 Å². The van der Waals surface area contributed by atoms with Crippen LogP contribution in [-0.2, 0) is 9.53 Å². The largest absolute Gasteiger partial charge is 0.396 e. The summed E-state index contributed by atoms with van der Waals surface area (Å²) in [6, 6.07) is 0. The Balaban J connectivity index is 2.20. The highest BCUT2D eigenvalue weighted by Crippen LogP contribution is 2.43. The predicted octanol–water partition coefficient (Wildman–Crippen LogP) is 1.56. The summed E-state index contributed by atoms with van der Waals surface area (Å²) in [6.07, 6.45) is 5.02. The first-order valence-corrected chi connectivity index (χ1v) is 6.74. The molecule has 0 radical (unpaired) electrons. The fraction of sp³-hybridized carbons (Fsp3) is 0.700. The minimum Gasteiger partial charge on any atom is -0.396 e. The molecule has 0 aromatic heterocycles. The molecule has 4 atom stereocenters. The maximum Gasteiger partial charge on any atom is 0.166 e. The van der Waals surface area contributed by atoms with Gasteiger partial charge >= 0.3 is 0 Å². The normalized spacial score (nSPS) is 43.7. The Morgan fingerprint density at radius 2 is 2.27 bits per heavy atom. The molecule has 2 unspecified atom stereocenters. The third kappa shape index (κ3) is 1.84. The van der Waals surface area contributed by atoms with E-state index in [9.17, 15) is 4.79 Å². The minimum absolute atomic E-state index is 0.120. The average molecular weight is 340 g/mol. The molecule has 1 saturated heterocycles. The van der Waals surface area contributed by atoms with Crippen LogP contribution in [0.2, 0.25) is 0 Å². The summed E-state index contributed by atoms with van der Waals surface area (Å²) in [7, 11) is 0. The van der Waals surface area contributed by atoms with Gasteiger partial charge in [-0.3, -0.25) is 4.79 Å². The maximum absolute atomic E-state index is 11.9. The van der Waals surface area contributed by atoms with Crippen LogP contribution in [-0.4, -0.2) is 38.9 Å². The zero-order valence-electron chi connectivity index (χ0n) is 8.03. The standard InChI is InChI=1S/C10H12Br2O3/c11-7-6-2-4-10(15-6,3-1-5-13)9(12)8(7)14/h2,4,6-7,9,13H,1,3,5H2/t6-,7?,9?,10+/m1/s1. The van der Waals surface area contributed by atoms with E-state index < -0.39 is 5.60 Å². The molecule has 1 N–H and O–H groups in total. The number of alkyl halides is 2. The number of hydrogen-bond acceptors (Lipinski definition) is 3. The van der Waals surface area contributed by atoms with E-state index in [-0.39, 0.29) is 28.1 Å². The highest BCUT2D eigenvalue weighted by atomic mass is 79.9. The lowest BCUT2D eigenvalue weighted by atomic mass is 9.90. The summed E-state index contributed by atoms with van der Waals surface area (Å²) < 4.78 is 5.85. The molecule has 5 heteroatoms. The van der Waals surface area contributed by atoms with Gasteiger partial charge in [-0.2, -0.15) is 0 Å². The third-order valence-corrected chi connectivity index (χ3v) is 5.09. The number of halogens is 2. The lowest BCUT2D eigenvalue weighted by Crippen LogP contribution is -2.53. The Bertz CT molecular complexity index is 305. The summed E-state index contributed by atoms with van der Waals surface area (Å²) >= 11 is 6.73. The van der Waals surface area contributed by atoms with Crippen molar-refractivity contribution in [2.75, 3.05) is 6.61 Å². The number of aliphatic hydroxyl groups excluding tert-OH is 1. The number of Topliss-reactive ketones (excluding diaryl/α,β-unsaturated/α-hetero) is 1. The fourth-order valence-electron chi connectivity index (χ4n) is 2.06. The third-order valence-electron chi connectivity index (χ3n) is 2.89. The van der Waals surface area contributed by atoms with Crippen molar-refractivity contribution in [1.29, 1.82) is 0 Å². The average Bonchev–Trinajstić information content (AvgIpc) is 2.65. The molecule has 0 aromatic rings. The number of ketones is 1. The van der Waals surface area contributed by atoms with E-state index in [1.165, 1.54) is 0 Å². The maximum atomic E-state index is 11.9. The summed E-state index contributed by atoms with van der Waals surface area (Å²) in [5.41, 5.74) is -0.547. The van der Waals surface area contributed by atoms with Gasteiger partial charge < -0.3 is 9.84 Å². The van der Waals surface area contributed by atoms with Crippen molar-refractivity contribution in [3.63, 3.8) is 0 Å². The topological polar surface area (TPSA) is 46.5 Å². The second-order valence-electron chi connectivity index (χ2n) is 3.89. The Morgan fingerprint density at radius 1 is 1.53 bits per heavy atom. The van der Waals surface area contributed by atoms with E-state index in [0.29, 0.717) is 12.8 Å². The molecule has 1 fully saturated rings. The SMILES string of the molecule is O=C1C(Br)[C@H]2C=C[C@](CCCO)(O2)C1Br. The van der Waals surface area contributed by atoms with Crippen LogP contribution >= 0.6 is 31.9 Å². The molecule has 0 amide bonds. The van der Waals surface area contributed by atoms with Crippen LogP contribution < -0.4 is 0 Å². The summed E-state index contributed by atoms with van der Waals surface area (Å²) in [5.74, 6) is 0.120. The highest BCUT2D eigenvalue weighted by Gasteiger charge is 2.53. The van der Waals surface area contributed by atoms with E-state index in [2.05, 4.69) is 31.9 Å². The van der Waals surface area contributed by atoms with Gasteiger partial charge in [0.25, 0.3) is 0 Å². The zero-order valence-corrected chi connectivity index (χ0v) is 11.2. The van der Waals surface area contributed by atoms with Crippen molar-refractivity contribution in [2.24, 2.45) is 0 Å². The van der Waals surface area contributed by atoms with Gasteiger partial charge in [0.15, 0.2) is 5.78 Å². The Kier molecular flexibility index (Phi) is 3.36. The first-order valence-electron chi connectivity index (χ1n) is 4.90. The summed E-state index contributed by atoms with van der Waals surface area (Å²) in [6.45, 7) is 0.120. The number of hydrogen-bond donors (Lipinski definition) is 1. The molecule has 2 heterocycles. The van der Waals surface area contributed by atoms with Crippen molar-refractivity contribution in [3.05, 3.63) is 12.2 Å². The Morgan fingerprint density at radius 3 is 2.93 bits per heavy atom. The molecular formula is C10H12Br2O3. The smallest absolute Gasteiger partial charge is 0.166 e. The molecule has 15 heavy (non-hydrogen) atoms. The van der Waals surface area contributed by atoms with E-state index >= 15 is 0 Å². The molecule has 0 aliphatic carbocycles. The predicted molar refractivity (Wildman–Crippen MR) is 63.5 cm³/mol. The van der Waals surface area contributed by atoms with E-state index in [4.69, 9.17) is 9.84 Å².